The van der Waals surface area contributed by atoms with Crippen LogP contribution < -0.4 is 15.5 Å². The summed E-state index contributed by atoms with van der Waals surface area (Å²) in [6.45, 7) is 1.85. The first-order valence-electron chi connectivity index (χ1n) is 9.51. The van der Waals surface area contributed by atoms with E-state index in [0.29, 0.717) is 24.8 Å². The van der Waals surface area contributed by atoms with Crippen LogP contribution in [-0.4, -0.2) is 48.5 Å². The van der Waals surface area contributed by atoms with Gasteiger partial charge in [0.15, 0.2) is 5.11 Å². The minimum atomic E-state index is 0.436. The Morgan fingerprint density at radius 1 is 1.13 bits per heavy atom. The van der Waals surface area contributed by atoms with E-state index in [4.69, 9.17) is 26.8 Å². The van der Waals surface area contributed by atoms with Crippen LogP contribution in [0.25, 0.3) is 11.3 Å². The van der Waals surface area contributed by atoms with Crippen molar-refractivity contribution in [3.05, 3.63) is 71.9 Å². The third-order valence-electron chi connectivity index (χ3n) is 4.30. The highest BCUT2D eigenvalue weighted by Gasteiger charge is 2.11. The second kappa shape index (κ2) is 11.1. The van der Waals surface area contributed by atoms with Gasteiger partial charge in [0.05, 0.1) is 26.5 Å². The molecule has 0 fully saturated rings. The van der Waals surface area contributed by atoms with Gasteiger partial charge in [-0.05, 0) is 42.0 Å². The highest BCUT2D eigenvalue weighted by Crippen LogP contribution is 2.24. The highest BCUT2D eigenvalue weighted by molar-refractivity contribution is 7.80. The molecule has 1 aromatic heterocycles. The SMILES string of the molecule is COCCNC(=S)N/N=C\c1cn(Cc2ccccc2)nc1-c1ccc(OC)cc1. The maximum atomic E-state index is 5.26. The van der Waals surface area contributed by atoms with E-state index < -0.39 is 0 Å². The van der Waals surface area contributed by atoms with Gasteiger partial charge < -0.3 is 14.8 Å². The fraction of sp³-hybridized carbons (Fsp3) is 0.227. The van der Waals surface area contributed by atoms with E-state index in [1.807, 2.05) is 53.3 Å². The number of benzene rings is 2. The summed E-state index contributed by atoms with van der Waals surface area (Å²) in [6, 6.07) is 18.0. The second-order valence-electron chi connectivity index (χ2n) is 6.46. The first kappa shape index (κ1) is 21.5. The van der Waals surface area contributed by atoms with E-state index in [0.717, 1.165) is 22.6 Å². The lowest BCUT2D eigenvalue weighted by molar-refractivity contribution is 0.204. The molecule has 0 bridgehead atoms. The minimum absolute atomic E-state index is 0.436. The van der Waals surface area contributed by atoms with Crippen molar-refractivity contribution in [2.45, 2.75) is 6.54 Å². The predicted molar refractivity (Wildman–Crippen MR) is 123 cm³/mol. The molecule has 0 unspecified atom stereocenters. The van der Waals surface area contributed by atoms with Crippen molar-refractivity contribution in [2.24, 2.45) is 5.10 Å². The molecule has 3 aromatic rings. The Labute approximate surface area is 181 Å². The summed E-state index contributed by atoms with van der Waals surface area (Å²) in [7, 11) is 3.29. The van der Waals surface area contributed by atoms with Crippen LogP contribution in [0.1, 0.15) is 11.1 Å². The molecule has 156 valence electrons. The molecule has 2 N–H and O–H groups in total. The number of aromatic nitrogens is 2. The number of methoxy groups -OCH3 is 2. The summed E-state index contributed by atoms with van der Waals surface area (Å²) < 4.78 is 12.2. The number of hydrogen-bond acceptors (Lipinski definition) is 5. The second-order valence-corrected chi connectivity index (χ2v) is 6.87. The smallest absolute Gasteiger partial charge is 0.187 e. The van der Waals surface area contributed by atoms with E-state index >= 15 is 0 Å². The lowest BCUT2D eigenvalue weighted by Gasteiger charge is -2.05. The molecule has 0 radical (unpaired) electrons. The number of thiocarbonyl (C=S) groups is 1. The zero-order chi connectivity index (χ0) is 21.2. The van der Waals surface area contributed by atoms with Crippen LogP contribution in [0.15, 0.2) is 65.9 Å². The molecule has 8 heteroatoms. The van der Waals surface area contributed by atoms with Gasteiger partial charge in [-0.2, -0.15) is 10.2 Å². The number of nitrogens with one attached hydrogen (secondary N) is 2. The van der Waals surface area contributed by atoms with Gasteiger partial charge in [0, 0.05) is 31.0 Å². The quantitative estimate of drug-likeness (QED) is 0.239. The molecule has 3 rings (SSSR count). The van der Waals surface area contributed by atoms with E-state index in [-0.39, 0.29) is 0 Å². The van der Waals surface area contributed by atoms with Crippen molar-refractivity contribution in [1.82, 2.24) is 20.5 Å². The first-order chi connectivity index (χ1) is 14.7. The molecule has 1 heterocycles. The fourth-order valence-electron chi connectivity index (χ4n) is 2.82. The van der Waals surface area contributed by atoms with Gasteiger partial charge >= 0.3 is 0 Å². The Morgan fingerprint density at radius 3 is 2.60 bits per heavy atom. The predicted octanol–water partition coefficient (Wildman–Crippen LogP) is 3.05. The van der Waals surface area contributed by atoms with Crippen molar-refractivity contribution in [3.8, 4) is 17.0 Å². The van der Waals surface area contributed by atoms with Gasteiger partial charge in [-0.3, -0.25) is 10.1 Å². The van der Waals surface area contributed by atoms with E-state index in [9.17, 15) is 0 Å². The normalized spacial score (nSPS) is 10.9. The van der Waals surface area contributed by atoms with Gasteiger partial charge in [-0.25, -0.2) is 0 Å². The summed E-state index contributed by atoms with van der Waals surface area (Å²) in [6.07, 6.45) is 3.69. The molecule has 0 saturated carbocycles. The summed E-state index contributed by atoms with van der Waals surface area (Å²) in [5.41, 5.74) is 6.68. The molecule has 0 aliphatic carbocycles. The fourth-order valence-corrected chi connectivity index (χ4v) is 2.98. The van der Waals surface area contributed by atoms with Crippen LogP contribution in [0.3, 0.4) is 0 Å². The molecule has 0 aliphatic heterocycles. The zero-order valence-corrected chi connectivity index (χ0v) is 17.9. The van der Waals surface area contributed by atoms with Crippen molar-refractivity contribution >= 4 is 23.5 Å². The van der Waals surface area contributed by atoms with E-state index in [1.165, 1.54) is 5.56 Å². The van der Waals surface area contributed by atoms with Gasteiger partial charge in [0.25, 0.3) is 0 Å². The van der Waals surface area contributed by atoms with Gasteiger partial charge in [0.2, 0.25) is 0 Å². The molecule has 0 saturated heterocycles. The average Bonchev–Trinajstić information content (AvgIpc) is 3.17. The molecule has 7 nitrogen and oxygen atoms in total. The number of ether oxygens (including phenoxy) is 2. The summed E-state index contributed by atoms with van der Waals surface area (Å²) in [4.78, 5) is 0. The Morgan fingerprint density at radius 2 is 1.90 bits per heavy atom. The monoisotopic (exact) mass is 423 g/mol. The van der Waals surface area contributed by atoms with Crippen molar-refractivity contribution in [2.75, 3.05) is 27.4 Å². The topological polar surface area (TPSA) is 72.7 Å². The minimum Gasteiger partial charge on any atom is -0.497 e. The van der Waals surface area contributed by atoms with Gasteiger partial charge in [-0.15, -0.1) is 0 Å². The maximum Gasteiger partial charge on any atom is 0.187 e. The third-order valence-corrected chi connectivity index (χ3v) is 4.54. The number of rotatable bonds is 9. The Hall–Kier alpha value is -3.23. The van der Waals surface area contributed by atoms with Crippen molar-refractivity contribution in [3.63, 3.8) is 0 Å². The van der Waals surface area contributed by atoms with Crippen LogP contribution in [0.4, 0.5) is 0 Å². The molecule has 0 atom stereocenters. The summed E-state index contributed by atoms with van der Waals surface area (Å²) >= 11 is 5.20. The molecular weight excluding hydrogens is 398 g/mol. The molecule has 0 spiro atoms. The molecule has 0 aliphatic rings. The number of nitrogens with zero attached hydrogens (tertiary/aromatic N) is 3. The Kier molecular flexibility index (Phi) is 7.94. The van der Waals surface area contributed by atoms with Crippen LogP contribution in [-0.2, 0) is 11.3 Å². The van der Waals surface area contributed by atoms with Crippen LogP contribution >= 0.6 is 12.2 Å². The Bertz CT molecular complexity index is 971. The van der Waals surface area contributed by atoms with Crippen LogP contribution in [0.5, 0.6) is 5.75 Å². The number of hydrogen-bond donors (Lipinski definition) is 2. The number of hydrazone groups is 1. The zero-order valence-electron chi connectivity index (χ0n) is 17.0. The molecule has 2 aromatic carbocycles. The summed E-state index contributed by atoms with van der Waals surface area (Å²) in [5.74, 6) is 0.798. The van der Waals surface area contributed by atoms with Crippen molar-refractivity contribution < 1.29 is 9.47 Å². The molecule has 0 amide bonds. The first-order valence-corrected chi connectivity index (χ1v) is 9.92. The average molecular weight is 424 g/mol. The Balaban J connectivity index is 1.79. The molecule has 30 heavy (non-hydrogen) atoms. The van der Waals surface area contributed by atoms with Gasteiger partial charge in [-0.1, -0.05) is 30.3 Å². The van der Waals surface area contributed by atoms with E-state index in [2.05, 4.69) is 28.0 Å². The maximum absolute atomic E-state index is 5.26. The highest BCUT2D eigenvalue weighted by atomic mass is 32.1. The summed E-state index contributed by atoms with van der Waals surface area (Å²) in [5, 5.41) is 12.5. The largest absolute Gasteiger partial charge is 0.497 e. The van der Waals surface area contributed by atoms with E-state index in [1.54, 1.807) is 20.4 Å². The third kappa shape index (κ3) is 6.13. The lowest BCUT2D eigenvalue weighted by atomic mass is 10.1. The van der Waals surface area contributed by atoms with Crippen molar-refractivity contribution in [1.29, 1.82) is 0 Å². The van der Waals surface area contributed by atoms with Crippen LogP contribution in [0, 0.1) is 0 Å². The lowest BCUT2D eigenvalue weighted by Crippen LogP contribution is -2.34. The molecular formula is C22H25N5O2S. The van der Waals surface area contributed by atoms with Gasteiger partial charge in [0.1, 0.15) is 11.4 Å². The standard InChI is InChI=1S/C22H25N5O2S/c1-28-13-12-23-22(30)25-24-14-19-16-27(15-17-6-4-3-5-7-17)26-21(19)18-8-10-20(29-2)11-9-18/h3-11,14,16H,12-13,15H2,1-2H3,(H2,23,25,30)/b24-14-. The van der Waals surface area contributed by atoms with Crippen LogP contribution in [0.2, 0.25) is 0 Å².